The van der Waals surface area contributed by atoms with Crippen LogP contribution in [0.5, 0.6) is 11.5 Å². The summed E-state index contributed by atoms with van der Waals surface area (Å²) in [6, 6.07) is 23.7. The Morgan fingerprint density at radius 2 is 1.36 bits per heavy atom. The normalized spacial score (nSPS) is 26.7. The van der Waals surface area contributed by atoms with E-state index >= 15 is 0 Å². The number of anilines is 1. The summed E-state index contributed by atoms with van der Waals surface area (Å²) in [6.45, 7) is 9.19. The van der Waals surface area contributed by atoms with Gasteiger partial charge in [-0.15, -0.1) is 0 Å². The Kier molecular flexibility index (Phi) is 10.6. The molecule has 0 aliphatic carbocycles. The van der Waals surface area contributed by atoms with Crippen molar-refractivity contribution < 1.29 is 28.7 Å². The molecule has 8 aliphatic heterocycles. The molecule has 0 radical (unpaired) electrons. The Morgan fingerprint density at radius 3 is 2.08 bits per heavy atom. The van der Waals surface area contributed by atoms with E-state index in [1.807, 2.05) is 60.7 Å². The van der Waals surface area contributed by atoms with Gasteiger partial charge in [0.05, 0.1) is 28.8 Å². The smallest absolute Gasteiger partial charge is 0.262 e. The number of nitrogens with zero attached hydrogens (tertiary/aromatic N) is 6. The molecule has 3 atom stereocenters. The molecule has 2 unspecified atom stereocenters. The van der Waals surface area contributed by atoms with Gasteiger partial charge in [0, 0.05) is 76.0 Å². The fourth-order valence-electron chi connectivity index (χ4n) is 11.6. The van der Waals surface area contributed by atoms with Gasteiger partial charge in [-0.1, -0.05) is 30.3 Å². The van der Waals surface area contributed by atoms with Crippen molar-refractivity contribution in [2.45, 2.75) is 81.2 Å². The van der Waals surface area contributed by atoms with Gasteiger partial charge in [0.2, 0.25) is 17.7 Å². The summed E-state index contributed by atoms with van der Waals surface area (Å²) in [5.41, 5.74) is 12.9. The third-order valence-electron chi connectivity index (χ3n) is 15.3. The molecule has 5 amide bonds. The maximum absolute atomic E-state index is 13.3. The lowest BCUT2D eigenvalue weighted by Crippen LogP contribution is -2.70. The fourth-order valence-corrected chi connectivity index (χ4v) is 11.6. The van der Waals surface area contributed by atoms with E-state index in [1.165, 1.54) is 12.8 Å². The third-order valence-corrected chi connectivity index (χ3v) is 15.3. The molecule has 64 heavy (non-hydrogen) atoms. The first-order valence-electron chi connectivity index (χ1n) is 23.2. The monoisotopic (exact) mass is 868 g/mol. The minimum absolute atomic E-state index is 0.102. The Hall–Kier alpha value is -5.81. The molecule has 8 aliphatic rings. The van der Waals surface area contributed by atoms with Gasteiger partial charge in [0.25, 0.3) is 11.8 Å². The van der Waals surface area contributed by atoms with Crippen molar-refractivity contribution in [1.29, 1.82) is 0 Å². The number of nitrogens with two attached hydrogens (primary N) is 1. The molecule has 6 saturated heterocycles. The van der Waals surface area contributed by atoms with E-state index in [0.29, 0.717) is 40.7 Å². The van der Waals surface area contributed by atoms with Crippen LogP contribution >= 0.6 is 0 Å². The number of benzene rings is 3. The van der Waals surface area contributed by atoms with E-state index in [9.17, 15) is 24.0 Å². The number of imide groups is 2. The van der Waals surface area contributed by atoms with Gasteiger partial charge < -0.3 is 25.6 Å². The zero-order valence-electron chi connectivity index (χ0n) is 36.0. The van der Waals surface area contributed by atoms with E-state index in [-0.39, 0.29) is 30.8 Å². The number of nitrogens with one attached hydrogen (secondary N) is 3. The number of amides is 5. The Labute approximate surface area is 372 Å². The summed E-state index contributed by atoms with van der Waals surface area (Å²) < 4.78 is 6.02. The predicted molar refractivity (Wildman–Crippen MR) is 237 cm³/mol. The standard InChI is InChI=1S/C48H56N10O6/c49-44(60)42-43(30-6-9-36(10-7-30)64-35-4-2-1-3-5-35)52-58-39(14-19-50-45(42)58)29-15-20-53(21-16-29)31-17-22-54(23-18-31)33-25-56(26-33)34-27-55(28-34)32-8-11-37-38(24-32)48(63)57(47(37)62)40-12-13-41(59)51-46(40)61/h1-11,24,29,31,33-34,39-40,43,50,52H,12-23,25-28H2,(H2,49,60)(H,51,59,61)/t39-,40?,43?/m0/s1. The molecule has 16 heteroatoms. The van der Waals surface area contributed by atoms with Crippen LogP contribution in [0, 0.1) is 5.92 Å². The van der Waals surface area contributed by atoms with Gasteiger partial charge in [-0.05, 0) is 106 Å². The van der Waals surface area contributed by atoms with E-state index < -0.39 is 29.7 Å². The zero-order valence-corrected chi connectivity index (χ0v) is 36.0. The van der Waals surface area contributed by atoms with Crippen LogP contribution in [0.2, 0.25) is 0 Å². The van der Waals surface area contributed by atoms with Gasteiger partial charge in [-0.25, -0.2) is 5.43 Å². The molecule has 3 aromatic carbocycles. The first-order valence-corrected chi connectivity index (χ1v) is 23.2. The average molecular weight is 869 g/mol. The van der Waals surface area contributed by atoms with Crippen LogP contribution in [0.15, 0.2) is 84.2 Å². The lowest BCUT2D eigenvalue weighted by molar-refractivity contribution is -0.136. The van der Waals surface area contributed by atoms with Crippen LogP contribution in [0.4, 0.5) is 5.69 Å². The highest BCUT2D eigenvalue weighted by Gasteiger charge is 2.47. The van der Waals surface area contributed by atoms with Crippen molar-refractivity contribution in [1.82, 2.24) is 40.7 Å². The highest BCUT2D eigenvalue weighted by molar-refractivity contribution is 6.23. The average Bonchev–Trinajstić information content (AvgIpc) is 3.79. The van der Waals surface area contributed by atoms with Crippen molar-refractivity contribution in [2.75, 3.05) is 63.8 Å². The lowest BCUT2D eigenvalue weighted by atomic mass is 9.85. The number of rotatable bonds is 10. The zero-order chi connectivity index (χ0) is 43.6. The van der Waals surface area contributed by atoms with E-state index in [4.69, 9.17) is 10.5 Å². The largest absolute Gasteiger partial charge is 0.457 e. The van der Waals surface area contributed by atoms with E-state index in [1.54, 1.807) is 12.1 Å². The van der Waals surface area contributed by atoms with Crippen LogP contribution < -0.4 is 31.4 Å². The van der Waals surface area contributed by atoms with Gasteiger partial charge in [-0.3, -0.25) is 49.0 Å². The number of fused-ring (bicyclic) bond motifs is 2. The van der Waals surface area contributed by atoms with Crippen molar-refractivity contribution in [3.8, 4) is 11.5 Å². The second kappa shape index (κ2) is 16.6. The number of hydrogen-bond acceptors (Lipinski definition) is 13. The number of hydrogen-bond donors (Lipinski definition) is 4. The van der Waals surface area contributed by atoms with Crippen LogP contribution in [-0.4, -0.2) is 143 Å². The first-order chi connectivity index (χ1) is 31.2. The van der Waals surface area contributed by atoms with Crippen molar-refractivity contribution in [2.24, 2.45) is 11.7 Å². The van der Waals surface area contributed by atoms with Crippen molar-refractivity contribution >= 4 is 35.2 Å². The second-order valence-electron chi connectivity index (χ2n) is 18.8. The summed E-state index contributed by atoms with van der Waals surface area (Å²) in [5.74, 6) is 0.528. The topological polar surface area (TPSA) is 176 Å². The van der Waals surface area contributed by atoms with Gasteiger partial charge in [0.15, 0.2) is 0 Å². The van der Waals surface area contributed by atoms with Crippen LogP contribution in [-0.2, 0) is 14.4 Å². The van der Waals surface area contributed by atoms with E-state index in [0.717, 1.165) is 112 Å². The summed E-state index contributed by atoms with van der Waals surface area (Å²) in [4.78, 5) is 74.8. The number of para-hydroxylation sites is 1. The van der Waals surface area contributed by atoms with Crippen molar-refractivity contribution in [3.05, 3.63) is 101 Å². The number of carbonyl (C=O) groups excluding carboxylic acids is 5. The second-order valence-corrected chi connectivity index (χ2v) is 18.8. The molecular formula is C48H56N10O6. The molecule has 0 aromatic heterocycles. The SMILES string of the molecule is NC(=O)C1=C2NCC[C@@H](C3CCN(C4CCN(C5CN(C6CN(c7ccc8c(c7)C(=O)N(C7CCC(=O)NC7=O)C8=O)C6)C5)CC4)CC3)N2NC1c1ccc(Oc2ccccc2)cc1. The quantitative estimate of drug-likeness (QED) is 0.219. The number of likely N-dealkylation sites (tertiary alicyclic amines) is 3. The first kappa shape index (κ1) is 40.9. The fraction of sp³-hybridized carbons (Fsp3) is 0.479. The summed E-state index contributed by atoms with van der Waals surface area (Å²) in [5, 5.41) is 8.00. The summed E-state index contributed by atoms with van der Waals surface area (Å²) >= 11 is 0. The van der Waals surface area contributed by atoms with Gasteiger partial charge in [-0.2, -0.15) is 0 Å². The molecule has 16 nitrogen and oxygen atoms in total. The molecule has 3 aromatic rings. The predicted octanol–water partition coefficient (Wildman–Crippen LogP) is 2.55. The summed E-state index contributed by atoms with van der Waals surface area (Å²) in [6.07, 6.45) is 5.92. The molecule has 11 rings (SSSR count). The number of hydrazine groups is 1. The molecule has 0 saturated carbocycles. The molecule has 6 fully saturated rings. The van der Waals surface area contributed by atoms with Crippen LogP contribution in [0.1, 0.15) is 77.3 Å². The van der Waals surface area contributed by atoms with Crippen molar-refractivity contribution in [3.63, 3.8) is 0 Å². The van der Waals surface area contributed by atoms with Crippen LogP contribution in [0.3, 0.4) is 0 Å². The number of carbonyl (C=O) groups is 5. The maximum atomic E-state index is 13.3. The molecule has 334 valence electrons. The van der Waals surface area contributed by atoms with E-state index in [2.05, 4.69) is 40.7 Å². The molecular weight excluding hydrogens is 813 g/mol. The minimum Gasteiger partial charge on any atom is -0.457 e. The molecule has 5 N–H and O–H groups in total. The van der Waals surface area contributed by atoms with Gasteiger partial charge in [0.1, 0.15) is 23.4 Å². The van der Waals surface area contributed by atoms with Gasteiger partial charge >= 0.3 is 0 Å². The minimum atomic E-state index is -0.960. The highest BCUT2D eigenvalue weighted by Crippen LogP contribution is 2.40. The Morgan fingerprint density at radius 1 is 0.688 bits per heavy atom. The number of ether oxygens (including phenoxy) is 1. The molecule has 0 bridgehead atoms. The molecule has 0 spiro atoms. The Bertz CT molecular complexity index is 2370. The highest BCUT2D eigenvalue weighted by atomic mass is 16.5. The summed E-state index contributed by atoms with van der Waals surface area (Å²) in [7, 11) is 0. The number of primary amides is 1. The lowest BCUT2D eigenvalue weighted by Gasteiger charge is -2.56. The third kappa shape index (κ3) is 7.39. The van der Waals surface area contributed by atoms with Crippen LogP contribution in [0.25, 0.3) is 0 Å². The molecule has 8 heterocycles. The number of piperidine rings is 3. The maximum Gasteiger partial charge on any atom is 0.262 e. The Balaban J connectivity index is 0.628.